The third-order valence-corrected chi connectivity index (χ3v) is 4.27. The maximum Gasteiger partial charge on any atom is 0.159 e. The number of benzene rings is 1. The van der Waals surface area contributed by atoms with Gasteiger partial charge < -0.3 is 0 Å². The van der Waals surface area contributed by atoms with Gasteiger partial charge in [0, 0.05) is 28.5 Å². The topological polar surface area (TPSA) is 34.9 Å². The highest BCUT2D eigenvalue weighted by molar-refractivity contribution is 7.98. The largest absolute Gasteiger partial charge is 0.295 e. The molecule has 106 valence electrons. The second-order valence-electron chi connectivity index (χ2n) is 4.67. The number of hydrogen-bond acceptors (Lipinski definition) is 3. The van der Waals surface area contributed by atoms with Crippen molar-refractivity contribution in [2.24, 2.45) is 0 Å². The predicted octanol–water partition coefficient (Wildman–Crippen LogP) is 3.96. The van der Waals surface area contributed by atoms with Crippen molar-refractivity contribution in [3.63, 3.8) is 0 Å². The van der Waals surface area contributed by atoms with E-state index in [0.29, 0.717) is 0 Å². The van der Waals surface area contributed by atoms with Crippen molar-refractivity contribution in [1.82, 2.24) is 9.78 Å². The molecule has 2 rings (SSSR count). The summed E-state index contributed by atoms with van der Waals surface area (Å²) in [7, 11) is 0. The molecule has 0 aliphatic rings. The van der Waals surface area contributed by atoms with E-state index in [1.807, 2.05) is 24.3 Å². The molecule has 4 heteroatoms. The first-order valence-corrected chi connectivity index (χ1v) is 7.92. The molecule has 0 atom stereocenters. The molecule has 2 aromatic rings. The number of ketones is 1. The Bertz CT molecular complexity index is 587. The van der Waals surface area contributed by atoms with Crippen LogP contribution < -0.4 is 0 Å². The van der Waals surface area contributed by atoms with E-state index in [4.69, 9.17) is 0 Å². The molecular formula is C16H20N2OS. The molecule has 0 aliphatic heterocycles. The lowest BCUT2D eigenvalue weighted by molar-refractivity contribution is 0.101. The first-order valence-electron chi connectivity index (χ1n) is 6.93. The fourth-order valence-corrected chi connectivity index (χ4v) is 2.90. The van der Waals surface area contributed by atoms with Gasteiger partial charge in [-0.2, -0.15) is 5.10 Å². The number of hydrogen-bond donors (Lipinski definition) is 0. The van der Waals surface area contributed by atoms with Crippen LogP contribution in [0.2, 0.25) is 0 Å². The van der Waals surface area contributed by atoms with E-state index in [9.17, 15) is 4.79 Å². The molecule has 0 spiro atoms. The minimum Gasteiger partial charge on any atom is -0.295 e. The van der Waals surface area contributed by atoms with E-state index < -0.39 is 0 Å². The van der Waals surface area contributed by atoms with Gasteiger partial charge in [-0.25, -0.2) is 0 Å². The lowest BCUT2D eigenvalue weighted by Gasteiger charge is -2.05. The van der Waals surface area contributed by atoms with E-state index in [-0.39, 0.29) is 5.78 Å². The molecule has 0 aliphatic carbocycles. The first-order chi connectivity index (χ1) is 9.63. The summed E-state index contributed by atoms with van der Waals surface area (Å²) >= 11 is 1.78. The number of carbonyl (C=O) groups excluding carboxylic acids is 1. The minimum absolute atomic E-state index is 0.109. The molecule has 0 saturated carbocycles. The van der Waals surface area contributed by atoms with E-state index in [1.54, 1.807) is 18.7 Å². The number of nitrogens with zero attached hydrogens (tertiary/aromatic N) is 2. The normalized spacial score (nSPS) is 10.8. The van der Waals surface area contributed by atoms with Crippen LogP contribution in [-0.4, -0.2) is 15.6 Å². The van der Waals surface area contributed by atoms with Crippen LogP contribution in [0.5, 0.6) is 0 Å². The summed E-state index contributed by atoms with van der Waals surface area (Å²) in [6, 6.07) is 9.97. The summed E-state index contributed by atoms with van der Waals surface area (Å²) in [4.78, 5) is 12.4. The summed E-state index contributed by atoms with van der Waals surface area (Å²) in [6.07, 6.45) is 0.970. The van der Waals surface area contributed by atoms with Gasteiger partial charge in [-0.15, -0.1) is 11.8 Å². The summed E-state index contributed by atoms with van der Waals surface area (Å²) in [5.41, 5.74) is 3.17. The Balaban J connectivity index is 2.04. The van der Waals surface area contributed by atoms with Crippen molar-refractivity contribution < 1.29 is 4.79 Å². The number of aryl methyl sites for hydroxylation is 2. The van der Waals surface area contributed by atoms with Crippen LogP contribution in [0.1, 0.15) is 42.5 Å². The average molecular weight is 288 g/mol. The number of aromatic nitrogens is 2. The Morgan fingerprint density at radius 1 is 1.25 bits per heavy atom. The molecule has 0 fully saturated rings. The Hall–Kier alpha value is -1.55. The fraction of sp³-hybridized carbons (Fsp3) is 0.375. The first kappa shape index (κ1) is 14.9. The highest BCUT2D eigenvalue weighted by Gasteiger charge is 2.06. The van der Waals surface area contributed by atoms with Gasteiger partial charge in [-0.05, 0) is 38.5 Å². The number of rotatable bonds is 6. The summed E-state index contributed by atoms with van der Waals surface area (Å²) in [6.45, 7) is 6.73. The zero-order valence-corrected chi connectivity index (χ0v) is 13.0. The van der Waals surface area contributed by atoms with E-state index in [1.165, 1.54) is 10.6 Å². The van der Waals surface area contributed by atoms with Crippen LogP contribution in [0, 0.1) is 0 Å². The van der Waals surface area contributed by atoms with Crippen LogP contribution in [0.15, 0.2) is 35.2 Å². The van der Waals surface area contributed by atoms with Gasteiger partial charge in [0.1, 0.15) is 0 Å². The van der Waals surface area contributed by atoms with Crippen LogP contribution in [0.3, 0.4) is 0 Å². The average Bonchev–Trinajstić information content (AvgIpc) is 2.88. The number of thioether (sulfide) groups is 1. The highest BCUT2D eigenvalue weighted by atomic mass is 32.2. The number of Topliss-reactive ketones (excluding diaryl/α,β-unsaturated/α-hetero) is 1. The van der Waals surface area contributed by atoms with Crippen molar-refractivity contribution >= 4 is 17.5 Å². The Morgan fingerprint density at radius 2 is 1.95 bits per heavy atom. The van der Waals surface area contributed by atoms with Gasteiger partial charge in [0.15, 0.2) is 5.78 Å². The zero-order chi connectivity index (χ0) is 14.5. The molecule has 3 nitrogen and oxygen atoms in total. The summed E-state index contributed by atoms with van der Waals surface area (Å²) in [5, 5.41) is 4.56. The molecule has 0 saturated heterocycles. The van der Waals surface area contributed by atoms with Gasteiger partial charge in [0.05, 0.1) is 5.69 Å². The molecule has 0 N–H and O–H groups in total. The van der Waals surface area contributed by atoms with Crippen LogP contribution in [0.25, 0.3) is 0 Å². The molecule has 0 amide bonds. The summed E-state index contributed by atoms with van der Waals surface area (Å²) < 4.78 is 2.07. The van der Waals surface area contributed by atoms with Crippen molar-refractivity contribution in [2.75, 3.05) is 0 Å². The van der Waals surface area contributed by atoms with Gasteiger partial charge in [-0.1, -0.05) is 19.1 Å². The van der Waals surface area contributed by atoms with E-state index in [2.05, 4.69) is 29.7 Å². The highest BCUT2D eigenvalue weighted by Crippen LogP contribution is 2.23. The van der Waals surface area contributed by atoms with Crippen LogP contribution in [-0.2, 0) is 18.7 Å². The Labute approximate surface area is 124 Å². The number of carbonyl (C=O) groups is 1. The second kappa shape index (κ2) is 6.75. The third kappa shape index (κ3) is 3.51. The standard InChI is InChI=1S/C16H20N2OS/c1-4-14-10-15(18(5-2)17-14)11-20-16-8-6-13(7-9-16)12(3)19/h6-10H,4-5,11H2,1-3H3. The maximum absolute atomic E-state index is 11.2. The SMILES string of the molecule is CCc1cc(CSc2ccc(C(C)=O)cc2)n(CC)n1. The second-order valence-corrected chi connectivity index (χ2v) is 5.71. The van der Waals surface area contributed by atoms with Gasteiger partial charge in [-0.3, -0.25) is 9.48 Å². The van der Waals surface area contributed by atoms with Crippen molar-refractivity contribution in [1.29, 1.82) is 0 Å². The van der Waals surface area contributed by atoms with Gasteiger partial charge in [0.25, 0.3) is 0 Å². The van der Waals surface area contributed by atoms with Gasteiger partial charge >= 0.3 is 0 Å². The van der Waals surface area contributed by atoms with Crippen molar-refractivity contribution in [3.8, 4) is 0 Å². The molecule has 1 heterocycles. The lowest BCUT2D eigenvalue weighted by atomic mass is 10.2. The molecule has 20 heavy (non-hydrogen) atoms. The quantitative estimate of drug-likeness (QED) is 0.596. The maximum atomic E-state index is 11.2. The Kier molecular flexibility index (Phi) is 5.01. The zero-order valence-electron chi connectivity index (χ0n) is 12.2. The van der Waals surface area contributed by atoms with E-state index in [0.717, 1.165) is 30.0 Å². The Morgan fingerprint density at radius 3 is 2.50 bits per heavy atom. The van der Waals surface area contributed by atoms with Crippen LogP contribution >= 0.6 is 11.8 Å². The monoisotopic (exact) mass is 288 g/mol. The lowest BCUT2D eigenvalue weighted by Crippen LogP contribution is -2.01. The van der Waals surface area contributed by atoms with E-state index >= 15 is 0 Å². The molecular weight excluding hydrogens is 268 g/mol. The predicted molar refractivity (Wildman–Crippen MR) is 83.3 cm³/mol. The summed E-state index contributed by atoms with van der Waals surface area (Å²) in [5.74, 6) is 1.01. The third-order valence-electron chi connectivity index (χ3n) is 3.22. The molecule has 1 aromatic heterocycles. The van der Waals surface area contributed by atoms with Crippen molar-refractivity contribution in [3.05, 3.63) is 47.3 Å². The molecule has 0 unspecified atom stereocenters. The minimum atomic E-state index is 0.109. The molecule has 0 radical (unpaired) electrons. The van der Waals surface area contributed by atoms with Gasteiger partial charge in [0.2, 0.25) is 0 Å². The van der Waals surface area contributed by atoms with Crippen molar-refractivity contribution in [2.45, 2.75) is 44.4 Å². The fourth-order valence-electron chi connectivity index (χ4n) is 2.02. The van der Waals surface area contributed by atoms with Crippen LogP contribution in [0.4, 0.5) is 0 Å². The smallest absolute Gasteiger partial charge is 0.159 e. The molecule has 1 aromatic carbocycles. The molecule has 0 bridgehead atoms.